The van der Waals surface area contributed by atoms with E-state index >= 15 is 0 Å². The molecule has 5 heteroatoms. The molecule has 0 amide bonds. The lowest BCUT2D eigenvalue weighted by Crippen LogP contribution is -2.10. The third-order valence-corrected chi connectivity index (χ3v) is 8.08. The lowest BCUT2D eigenvalue weighted by molar-refractivity contribution is -0.132. The molecule has 5 aromatic carbocycles. The third-order valence-electron chi connectivity index (χ3n) is 6.89. The summed E-state index contributed by atoms with van der Waals surface area (Å²) in [6.45, 7) is 0. The van der Waals surface area contributed by atoms with Crippen LogP contribution in [0.1, 0.15) is 5.56 Å². The maximum absolute atomic E-state index is 11.1. The minimum atomic E-state index is -1.23. The SMILES string of the molecule is N#CC(=Cc1ccc(-c2ccc(-c3ccc(N(c4ccccc4)c4cccc5ccccc45)cc3)s2)cc1)C(=O)O. The lowest BCUT2D eigenvalue weighted by Gasteiger charge is -2.27. The molecule has 0 aliphatic rings. The Bertz CT molecular complexity index is 1910. The topological polar surface area (TPSA) is 64.3 Å². The Kier molecular flexibility index (Phi) is 7.15. The van der Waals surface area contributed by atoms with Crippen molar-refractivity contribution in [3.05, 3.63) is 145 Å². The van der Waals surface area contributed by atoms with E-state index in [1.165, 1.54) is 16.8 Å². The molecular weight excluding hydrogens is 524 g/mol. The van der Waals surface area contributed by atoms with E-state index in [0.717, 1.165) is 37.9 Å². The van der Waals surface area contributed by atoms with Crippen molar-refractivity contribution in [3.63, 3.8) is 0 Å². The van der Waals surface area contributed by atoms with Crippen LogP contribution in [0.4, 0.5) is 17.1 Å². The van der Waals surface area contributed by atoms with Gasteiger partial charge in [-0.15, -0.1) is 11.3 Å². The number of carboxylic acids is 1. The predicted octanol–water partition coefficient (Wildman–Crippen LogP) is 9.70. The standard InChI is InChI=1S/C36H24N2O2S/c37-24-29(36(39)40)23-25-13-15-27(16-14-25)34-21-22-35(41-34)28-17-19-31(20-18-28)38(30-9-2-1-3-10-30)33-12-6-8-26-7-4-5-11-32(26)33/h1-23H,(H,39,40). The van der Waals surface area contributed by atoms with E-state index in [-0.39, 0.29) is 5.57 Å². The van der Waals surface area contributed by atoms with Gasteiger partial charge in [-0.2, -0.15) is 5.26 Å². The maximum atomic E-state index is 11.1. The van der Waals surface area contributed by atoms with Crippen molar-refractivity contribution in [1.29, 1.82) is 5.26 Å². The molecule has 0 fully saturated rings. The number of para-hydroxylation sites is 1. The van der Waals surface area contributed by atoms with Crippen molar-refractivity contribution in [1.82, 2.24) is 0 Å². The number of thiophene rings is 1. The van der Waals surface area contributed by atoms with Crippen LogP contribution in [0.2, 0.25) is 0 Å². The summed E-state index contributed by atoms with van der Waals surface area (Å²) in [6, 6.07) is 47.4. The molecule has 0 saturated heterocycles. The summed E-state index contributed by atoms with van der Waals surface area (Å²) in [5.74, 6) is -1.23. The van der Waals surface area contributed by atoms with Gasteiger partial charge in [0.05, 0.1) is 5.69 Å². The number of fused-ring (bicyclic) bond motifs is 1. The smallest absolute Gasteiger partial charge is 0.346 e. The molecule has 0 spiro atoms. The van der Waals surface area contributed by atoms with Gasteiger partial charge in [0.25, 0.3) is 0 Å². The zero-order chi connectivity index (χ0) is 28.2. The van der Waals surface area contributed by atoms with E-state index in [2.05, 4.69) is 108 Å². The van der Waals surface area contributed by atoms with E-state index < -0.39 is 5.97 Å². The van der Waals surface area contributed by atoms with Crippen LogP contribution < -0.4 is 4.90 Å². The van der Waals surface area contributed by atoms with E-state index in [4.69, 9.17) is 10.4 Å². The van der Waals surface area contributed by atoms with E-state index in [1.54, 1.807) is 17.4 Å². The second-order valence-corrected chi connectivity index (χ2v) is 10.6. The van der Waals surface area contributed by atoms with Gasteiger partial charge < -0.3 is 10.0 Å². The monoisotopic (exact) mass is 548 g/mol. The number of nitrogens with zero attached hydrogens (tertiary/aromatic N) is 2. The molecule has 1 heterocycles. The molecule has 0 aliphatic carbocycles. The Labute approximate surface area is 242 Å². The highest BCUT2D eigenvalue weighted by molar-refractivity contribution is 7.18. The van der Waals surface area contributed by atoms with Gasteiger partial charge in [0, 0.05) is 26.5 Å². The fourth-order valence-corrected chi connectivity index (χ4v) is 5.90. The molecule has 6 aromatic rings. The molecule has 0 radical (unpaired) electrons. The summed E-state index contributed by atoms with van der Waals surface area (Å²) in [5.41, 5.74) is 5.86. The molecule has 0 saturated carbocycles. The summed E-state index contributed by atoms with van der Waals surface area (Å²) in [4.78, 5) is 15.7. The molecular formula is C36H24N2O2S. The number of hydrogen-bond acceptors (Lipinski definition) is 4. The van der Waals surface area contributed by atoms with Gasteiger partial charge in [-0.25, -0.2) is 4.79 Å². The van der Waals surface area contributed by atoms with E-state index in [9.17, 15) is 4.79 Å². The van der Waals surface area contributed by atoms with Crippen LogP contribution >= 0.6 is 11.3 Å². The van der Waals surface area contributed by atoms with Gasteiger partial charge in [-0.1, -0.05) is 91.0 Å². The third kappa shape index (κ3) is 5.38. The largest absolute Gasteiger partial charge is 0.477 e. The second kappa shape index (κ2) is 11.4. The fraction of sp³-hybridized carbons (Fsp3) is 0. The lowest BCUT2D eigenvalue weighted by atomic mass is 10.1. The molecule has 1 aromatic heterocycles. The molecule has 41 heavy (non-hydrogen) atoms. The van der Waals surface area contributed by atoms with Crippen molar-refractivity contribution < 1.29 is 9.90 Å². The minimum absolute atomic E-state index is 0.286. The molecule has 0 atom stereocenters. The number of carboxylic acid groups (broad SMARTS) is 1. The molecule has 1 N–H and O–H groups in total. The first kappa shape index (κ1) is 25.8. The molecule has 0 unspecified atom stereocenters. The van der Waals surface area contributed by atoms with Crippen LogP contribution in [0.3, 0.4) is 0 Å². The number of rotatable bonds is 7. The van der Waals surface area contributed by atoms with Crippen molar-refractivity contribution in [2.24, 2.45) is 0 Å². The summed E-state index contributed by atoms with van der Waals surface area (Å²) in [6.07, 6.45) is 1.38. The molecule has 0 bridgehead atoms. The molecule has 6 rings (SSSR count). The quantitative estimate of drug-likeness (QED) is 0.159. The Hall–Kier alpha value is -5.44. The zero-order valence-electron chi connectivity index (χ0n) is 21.9. The average Bonchev–Trinajstić information content (AvgIpc) is 3.52. The Morgan fingerprint density at radius 1 is 0.683 bits per heavy atom. The number of anilines is 3. The van der Waals surface area contributed by atoms with Crippen LogP contribution in [0.25, 0.3) is 37.7 Å². The van der Waals surface area contributed by atoms with Crippen LogP contribution in [0.15, 0.2) is 139 Å². The number of aliphatic carboxylic acids is 1. The molecule has 196 valence electrons. The van der Waals surface area contributed by atoms with Crippen molar-refractivity contribution in [2.45, 2.75) is 0 Å². The van der Waals surface area contributed by atoms with Gasteiger partial charge in [0.1, 0.15) is 11.6 Å². The van der Waals surface area contributed by atoms with Crippen LogP contribution in [-0.4, -0.2) is 11.1 Å². The van der Waals surface area contributed by atoms with Gasteiger partial charge in [-0.05, 0) is 70.6 Å². The Morgan fingerprint density at radius 3 is 1.93 bits per heavy atom. The van der Waals surface area contributed by atoms with Gasteiger partial charge >= 0.3 is 5.97 Å². The number of nitriles is 1. The average molecular weight is 549 g/mol. The van der Waals surface area contributed by atoms with E-state index in [0.29, 0.717) is 5.56 Å². The highest BCUT2D eigenvalue weighted by Gasteiger charge is 2.15. The van der Waals surface area contributed by atoms with Crippen molar-refractivity contribution >= 4 is 51.2 Å². The summed E-state index contributed by atoms with van der Waals surface area (Å²) in [5, 5.41) is 20.5. The Balaban J connectivity index is 1.30. The number of hydrogen-bond donors (Lipinski definition) is 1. The summed E-state index contributed by atoms with van der Waals surface area (Å²) >= 11 is 1.70. The summed E-state index contributed by atoms with van der Waals surface area (Å²) in [7, 11) is 0. The molecule has 4 nitrogen and oxygen atoms in total. The first-order chi connectivity index (χ1) is 20.1. The van der Waals surface area contributed by atoms with Crippen molar-refractivity contribution in [2.75, 3.05) is 4.90 Å². The highest BCUT2D eigenvalue weighted by Crippen LogP contribution is 2.40. The number of benzene rings is 5. The maximum Gasteiger partial charge on any atom is 0.346 e. The van der Waals surface area contributed by atoms with Crippen LogP contribution in [0, 0.1) is 11.3 Å². The first-order valence-electron chi connectivity index (χ1n) is 13.1. The summed E-state index contributed by atoms with van der Waals surface area (Å²) < 4.78 is 0. The van der Waals surface area contributed by atoms with E-state index in [1.807, 2.05) is 30.3 Å². The molecule has 0 aliphatic heterocycles. The first-order valence-corrected chi connectivity index (χ1v) is 13.9. The fourth-order valence-electron chi connectivity index (χ4n) is 4.88. The predicted molar refractivity (Wildman–Crippen MR) is 169 cm³/mol. The number of carbonyl (C=O) groups is 1. The van der Waals surface area contributed by atoms with Gasteiger partial charge in [0.2, 0.25) is 0 Å². The Morgan fingerprint density at radius 2 is 1.27 bits per heavy atom. The van der Waals surface area contributed by atoms with Crippen LogP contribution in [0.5, 0.6) is 0 Å². The second-order valence-electron chi connectivity index (χ2n) is 9.48. The van der Waals surface area contributed by atoms with Gasteiger partial charge in [-0.3, -0.25) is 0 Å². The van der Waals surface area contributed by atoms with Crippen molar-refractivity contribution in [3.8, 4) is 27.0 Å². The van der Waals surface area contributed by atoms with Gasteiger partial charge in [0.15, 0.2) is 0 Å². The van der Waals surface area contributed by atoms with Crippen LogP contribution in [-0.2, 0) is 4.79 Å². The zero-order valence-corrected chi connectivity index (χ0v) is 22.8. The normalized spacial score (nSPS) is 11.2. The minimum Gasteiger partial charge on any atom is -0.477 e. The highest BCUT2D eigenvalue weighted by atomic mass is 32.1.